The van der Waals surface area contributed by atoms with Crippen LogP contribution in [0.3, 0.4) is 0 Å². The Bertz CT molecular complexity index is 388. The highest BCUT2D eigenvalue weighted by Gasteiger charge is 2.00. The zero-order valence-corrected chi connectivity index (χ0v) is 14.7. The van der Waals surface area contributed by atoms with Crippen molar-refractivity contribution in [2.75, 3.05) is 59.4 Å². The van der Waals surface area contributed by atoms with Crippen molar-refractivity contribution < 1.29 is 17.9 Å². The number of rotatable bonds is 13. The van der Waals surface area contributed by atoms with Gasteiger partial charge in [0.25, 0.3) is 0 Å². The molecule has 0 aliphatic carbocycles. The summed E-state index contributed by atoms with van der Waals surface area (Å²) in [7, 11) is -1.46. The van der Waals surface area contributed by atoms with E-state index in [1.54, 1.807) is 7.11 Å². The van der Waals surface area contributed by atoms with Gasteiger partial charge in [-0.1, -0.05) is 0 Å². The van der Waals surface area contributed by atoms with Crippen LogP contribution in [0.15, 0.2) is 4.99 Å². The second-order valence-electron chi connectivity index (χ2n) is 4.67. The summed E-state index contributed by atoms with van der Waals surface area (Å²) in [6.07, 6.45) is 2.69. The van der Waals surface area contributed by atoms with Gasteiger partial charge in [0.15, 0.2) is 5.96 Å². The summed E-state index contributed by atoms with van der Waals surface area (Å²) in [5.74, 6) is 0.735. The Morgan fingerprint density at radius 1 is 1.09 bits per heavy atom. The smallest absolute Gasteiger partial charge is 0.208 e. The molecule has 0 radical (unpaired) electrons. The fourth-order valence-electron chi connectivity index (χ4n) is 1.50. The molecule has 0 heterocycles. The molecule has 0 aromatic carbocycles. The van der Waals surface area contributed by atoms with Gasteiger partial charge in [-0.05, 0) is 19.8 Å². The van der Waals surface area contributed by atoms with Gasteiger partial charge in [0.1, 0.15) is 0 Å². The molecule has 3 N–H and O–H groups in total. The van der Waals surface area contributed by atoms with Crippen LogP contribution in [0.2, 0.25) is 0 Å². The fourth-order valence-corrected chi connectivity index (χ4v) is 2.01. The van der Waals surface area contributed by atoms with Crippen LogP contribution in [0.5, 0.6) is 0 Å². The lowest BCUT2D eigenvalue weighted by Gasteiger charge is -2.11. The maximum atomic E-state index is 10.9. The first-order valence-corrected chi connectivity index (χ1v) is 9.42. The molecule has 22 heavy (non-hydrogen) atoms. The minimum atomic E-state index is -3.11. The number of methoxy groups -OCH3 is 1. The molecule has 0 unspecified atom stereocenters. The highest BCUT2D eigenvalue weighted by molar-refractivity contribution is 7.88. The summed E-state index contributed by atoms with van der Waals surface area (Å²) in [5, 5.41) is 6.30. The molecule has 9 heteroatoms. The van der Waals surface area contributed by atoms with Crippen molar-refractivity contribution in [1.82, 2.24) is 15.4 Å². The number of nitrogens with zero attached hydrogens (tertiary/aromatic N) is 1. The van der Waals surface area contributed by atoms with Crippen LogP contribution in [0, 0.1) is 0 Å². The number of nitrogens with one attached hydrogen (secondary N) is 3. The molecular weight excluding hydrogens is 308 g/mol. The van der Waals surface area contributed by atoms with E-state index in [0.29, 0.717) is 45.9 Å². The SMILES string of the molecule is CCNC(=NCCCOCCOC)NCCCNS(C)(=O)=O. The van der Waals surface area contributed by atoms with Crippen molar-refractivity contribution >= 4 is 16.0 Å². The Labute approximate surface area is 134 Å². The highest BCUT2D eigenvalue weighted by atomic mass is 32.2. The first-order valence-electron chi connectivity index (χ1n) is 7.53. The Morgan fingerprint density at radius 2 is 1.86 bits per heavy atom. The van der Waals surface area contributed by atoms with Crippen molar-refractivity contribution in [1.29, 1.82) is 0 Å². The standard InChI is InChI=1S/C13H30N4O4S/c1-4-14-13(15-7-5-9-17-22(3,18)19)16-8-6-10-21-12-11-20-2/h17H,4-12H2,1-3H3,(H2,14,15,16). The molecule has 0 aliphatic heterocycles. The Hall–Kier alpha value is -0.900. The molecular formula is C13H30N4O4S. The van der Waals surface area contributed by atoms with Crippen molar-refractivity contribution in [3.63, 3.8) is 0 Å². The molecule has 0 aromatic heterocycles. The summed E-state index contributed by atoms with van der Waals surface area (Å²) in [6, 6.07) is 0. The van der Waals surface area contributed by atoms with Crippen LogP contribution in [0.4, 0.5) is 0 Å². The lowest BCUT2D eigenvalue weighted by atomic mass is 10.4. The summed E-state index contributed by atoms with van der Waals surface area (Å²) in [5.41, 5.74) is 0. The summed E-state index contributed by atoms with van der Waals surface area (Å²) >= 11 is 0. The van der Waals surface area contributed by atoms with E-state index >= 15 is 0 Å². The van der Waals surface area contributed by atoms with Crippen molar-refractivity contribution in [2.45, 2.75) is 19.8 Å². The van der Waals surface area contributed by atoms with Crippen LogP contribution in [-0.4, -0.2) is 73.7 Å². The lowest BCUT2D eigenvalue weighted by molar-refractivity contribution is 0.0702. The summed E-state index contributed by atoms with van der Waals surface area (Å²) < 4.78 is 34.5. The van der Waals surface area contributed by atoms with Crippen molar-refractivity contribution in [3.05, 3.63) is 0 Å². The number of ether oxygens (including phenoxy) is 2. The second kappa shape index (κ2) is 13.7. The maximum absolute atomic E-state index is 10.9. The number of hydrogen-bond acceptors (Lipinski definition) is 5. The van der Waals surface area contributed by atoms with E-state index < -0.39 is 10.0 Å². The van der Waals surface area contributed by atoms with E-state index in [-0.39, 0.29) is 0 Å². The summed E-state index contributed by atoms with van der Waals surface area (Å²) in [4.78, 5) is 4.42. The molecule has 0 amide bonds. The van der Waals surface area contributed by atoms with Crippen LogP contribution in [-0.2, 0) is 19.5 Å². The molecule has 132 valence electrons. The average Bonchev–Trinajstić information content (AvgIpc) is 2.44. The van der Waals surface area contributed by atoms with Crippen molar-refractivity contribution in [2.24, 2.45) is 4.99 Å². The van der Waals surface area contributed by atoms with Gasteiger partial charge in [-0.25, -0.2) is 13.1 Å². The van der Waals surface area contributed by atoms with Crippen LogP contribution in [0.25, 0.3) is 0 Å². The topological polar surface area (TPSA) is 101 Å². The fraction of sp³-hybridized carbons (Fsp3) is 0.923. The monoisotopic (exact) mass is 338 g/mol. The van der Waals surface area contributed by atoms with Gasteiger partial charge in [0.05, 0.1) is 19.5 Å². The molecule has 0 fully saturated rings. The molecule has 0 atom stereocenters. The zero-order chi connectivity index (χ0) is 16.7. The normalized spacial score (nSPS) is 12.4. The van der Waals surface area contributed by atoms with E-state index in [0.717, 1.165) is 25.2 Å². The lowest BCUT2D eigenvalue weighted by Crippen LogP contribution is -2.38. The third-order valence-corrected chi connectivity index (χ3v) is 3.23. The van der Waals surface area contributed by atoms with E-state index in [2.05, 4.69) is 20.3 Å². The molecule has 0 saturated carbocycles. The minimum absolute atomic E-state index is 0.415. The van der Waals surface area contributed by atoms with E-state index in [9.17, 15) is 8.42 Å². The van der Waals surface area contributed by atoms with Gasteiger partial charge in [0.2, 0.25) is 10.0 Å². The van der Waals surface area contributed by atoms with Crippen LogP contribution < -0.4 is 15.4 Å². The van der Waals surface area contributed by atoms with Crippen LogP contribution in [0.1, 0.15) is 19.8 Å². The van der Waals surface area contributed by atoms with Gasteiger partial charge in [-0.2, -0.15) is 0 Å². The first-order chi connectivity index (χ1) is 10.5. The van der Waals surface area contributed by atoms with Gasteiger partial charge in [0, 0.05) is 39.9 Å². The number of guanidine groups is 1. The van der Waals surface area contributed by atoms with Gasteiger partial charge >= 0.3 is 0 Å². The third-order valence-electron chi connectivity index (χ3n) is 2.50. The Kier molecular flexibility index (Phi) is 13.2. The predicted molar refractivity (Wildman–Crippen MR) is 88.8 cm³/mol. The molecule has 8 nitrogen and oxygen atoms in total. The first kappa shape index (κ1) is 21.1. The van der Waals surface area contributed by atoms with Gasteiger partial charge in [-0.15, -0.1) is 0 Å². The predicted octanol–water partition coefficient (Wildman–Crippen LogP) is -0.466. The number of aliphatic imine (C=N–C) groups is 1. The molecule has 0 saturated heterocycles. The Balaban J connectivity index is 3.77. The molecule has 0 rings (SSSR count). The van der Waals surface area contributed by atoms with Crippen molar-refractivity contribution in [3.8, 4) is 0 Å². The number of hydrogen-bond donors (Lipinski definition) is 3. The zero-order valence-electron chi connectivity index (χ0n) is 13.9. The van der Waals surface area contributed by atoms with E-state index in [4.69, 9.17) is 9.47 Å². The van der Waals surface area contributed by atoms with E-state index in [1.165, 1.54) is 0 Å². The third kappa shape index (κ3) is 15.5. The average molecular weight is 338 g/mol. The van der Waals surface area contributed by atoms with Gasteiger partial charge < -0.3 is 20.1 Å². The Morgan fingerprint density at radius 3 is 2.50 bits per heavy atom. The number of sulfonamides is 1. The second-order valence-corrected chi connectivity index (χ2v) is 6.50. The molecule has 0 aromatic rings. The largest absolute Gasteiger partial charge is 0.382 e. The highest BCUT2D eigenvalue weighted by Crippen LogP contribution is 1.86. The maximum Gasteiger partial charge on any atom is 0.208 e. The quantitative estimate of drug-likeness (QED) is 0.239. The molecule has 0 spiro atoms. The minimum Gasteiger partial charge on any atom is -0.382 e. The summed E-state index contributed by atoms with van der Waals surface area (Å²) in [6.45, 7) is 6.38. The van der Waals surface area contributed by atoms with Crippen LogP contribution >= 0.6 is 0 Å². The molecule has 0 aliphatic rings. The molecule has 0 bridgehead atoms. The van der Waals surface area contributed by atoms with Gasteiger partial charge in [-0.3, -0.25) is 4.99 Å². The van der Waals surface area contributed by atoms with E-state index in [1.807, 2.05) is 6.92 Å².